The molecule has 0 aromatic heterocycles. The summed E-state index contributed by atoms with van der Waals surface area (Å²) in [5, 5.41) is 10.0. The third kappa shape index (κ3) is 3.32. The Morgan fingerprint density at radius 2 is 1.62 bits per heavy atom. The average molecular weight is 222 g/mol. The fourth-order valence-electron chi connectivity index (χ4n) is 1.72. The van der Waals surface area contributed by atoms with Gasteiger partial charge in [0, 0.05) is 0 Å². The number of aliphatic hydroxyl groups is 1. The lowest BCUT2D eigenvalue weighted by atomic mass is 9.97. The summed E-state index contributed by atoms with van der Waals surface area (Å²) >= 11 is 0. The maximum Gasteiger partial charge on any atom is 0.103 e. The first kappa shape index (κ1) is 13.2. The second kappa shape index (κ2) is 5.46. The van der Waals surface area contributed by atoms with Crippen molar-refractivity contribution >= 4 is 0 Å². The van der Waals surface area contributed by atoms with E-state index in [-0.39, 0.29) is 6.10 Å². The van der Waals surface area contributed by atoms with Gasteiger partial charge in [-0.3, -0.25) is 0 Å². The van der Waals surface area contributed by atoms with Crippen molar-refractivity contribution in [2.75, 3.05) is 6.61 Å². The van der Waals surface area contributed by atoms with Crippen LogP contribution in [0.3, 0.4) is 0 Å². The van der Waals surface area contributed by atoms with Crippen molar-refractivity contribution in [3.63, 3.8) is 0 Å². The molecule has 0 radical (unpaired) electrons. The standard InChI is InChI=1S/C14H22O2/c1-9(2)16-8-14(15)13-7-11(4)10(3)6-12(13)5/h6-7,9,14-15H,8H2,1-5H3. The zero-order chi connectivity index (χ0) is 12.3. The van der Waals surface area contributed by atoms with Crippen LogP contribution in [0.1, 0.15) is 42.2 Å². The molecule has 1 aromatic carbocycles. The zero-order valence-electron chi connectivity index (χ0n) is 10.9. The van der Waals surface area contributed by atoms with Crippen molar-refractivity contribution in [1.82, 2.24) is 0 Å². The van der Waals surface area contributed by atoms with E-state index in [2.05, 4.69) is 26.0 Å². The van der Waals surface area contributed by atoms with Crippen LogP contribution in [-0.2, 0) is 4.74 Å². The Labute approximate surface area is 98.3 Å². The number of hydrogen-bond acceptors (Lipinski definition) is 2. The topological polar surface area (TPSA) is 29.5 Å². The maximum absolute atomic E-state index is 10.0. The van der Waals surface area contributed by atoms with E-state index >= 15 is 0 Å². The summed E-state index contributed by atoms with van der Waals surface area (Å²) in [7, 11) is 0. The molecule has 90 valence electrons. The van der Waals surface area contributed by atoms with E-state index in [0.29, 0.717) is 6.61 Å². The summed E-state index contributed by atoms with van der Waals surface area (Å²) in [6.07, 6.45) is -0.372. The van der Waals surface area contributed by atoms with Crippen LogP contribution in [-0.4, -0.2) is 17.8 Å². The van der Waals surface area contributed by atoms with Gasteiger partial charge < -0.3 is 9.84 Å². The van der Waals surface area contributed by atoms with E-state index in [9.17, 15) is 5.11 Å². The van der Waals surface area contributed by atoms with Gasteiger partial charge in [0.25, 0.3) is 0 Å². The lowest BCUT2D eigenvalue weighted by Crippen LogP contribution is -2.13. The van der Waals surface area contributed by atoms with Crippen LogP contribution in [0.2, 0.25) is 0 Å². The Balaban J connectivity index is 2.82. The lowest BCUT2D eigenvalue weighted by molar-refractivity contribution is 0.00467. The highest BCUT2D eigenvalue weighted by Gasteiger charge is 2.12. The van der Waals surface area contributed by atoms with Crippen molar-refractivity contribution in [2.45, 2.75) is 46.8 Å². The van der Waals surface area contributed by atoms with Gasteiger partial charge in [-0.05, 0) is 56.9 Å². The predicted octanol–water partition coefficient (Wildman–Crippen LogP) is 3.07. The lowest BCUT2D eigenvalue weighted by Gasteiger charge is -2.17. The minimum Gasteiger partial charge on any atom is -0.386 e. The van der Waals surface area contributed by atoms with Crippen molar-refractivity contribution in [1.29, 1.82) is 0 Å². The summed E-state index contributed by atoms with van der Waals surface area (Å²) < 4.78 is 5.43. The van der Waals surface area contributed by atoms with Crippen molar-refractivity contribution in [2.24, 2.45) is 0 Å². The summed E-state index contributed by atoms with van der Waals surface area (Å²) in [5.74, 6) is 0. The molecule has 0 saturated heterocycles. The van der Waals surface area contributed by atoms with Crippen LogP contribution in [0, 0.1) is 20.8 Å². The SMILES string of the molecule is Cc1cc(C)c(C(O)COC(C)C)cc1C. The molecule has 0 amide bonds. The van der Waals surface area contributed by atoms with Crippen LogP contribution in [0.25, 0.3) is 0 Å². The van der Waals surface area contributed by atoms with E-state index in [1.165, 1.54) is 11.1 Å². The number of aryl methyl sites for hydroxylation is 3. The quantitative estimate of drug-likeness (QED) is 0.848. The van der Waals surface area contributed by atoms with E-state index in [0.717, 1.165) is 11.1 Å². The van der Waals surface area contributed by atoms with E-state index in [4.69, 9.17) is 4.74 Å². The first-order valence-electron chi connectivity index (χ1n) is 5.79. The molecule has 0 heterocycles. The molecule has 1 unspecified atom stereocenters. The Kier molecular flexibility index (Phi) is 4.51. The Morgan fingerprint density at radius 1 is 1.06 bits per heavy atom. The summed E-state index contributed by atoms with van der Waals surface area (Å²) in [4.78, 5) is 0. The molecule has 16 heavy (non-hydrogen) atoms. The van der Waals surface area contributed by atoms with Crippen molar-refractivity contribution < 1.29 is 9.84 Å². The molecule has 1 N–H and O–H groups in total. The molecule has 0 saturated carbocycles. The molecule has 2 heteroatoms. The van der Waals surface area contributed by atoms with Gasteiger partial charge in [0.1, 0.15) is 6.10 Å². The van der Waals surface area contributed by atoms with Gasteiger partial charge in [0.2, 0.25) is 0 Å². The van der Waals surface area contributed by atoms with Gasteiger partial charge in [-0.25, -0.2) is 0 Å². The molecule has 0 spiro atoms. The Hall–Kier alpha value is -0.860. The number of rotatable bonds is 4. The highest BCUT2D eigenvalue weighted by atomic mass is 16.5. The number of ether oxygens (including phenoxy) is 1. The number of hydrogen-bond donors (Lipinski definition) is 1. The van der Waals surface area contributed by atoms with E-state index in [1.54, 1.807) is 0 Å². The third-order valence-electron chi connectivity index (χ3n) is 2.83. The first-order chi connectivity index (χ1) is 7.41. The molecule has 0 fully saturated rings. The first-order valence-corrected chi connectivity index (χ1v) is 5.79. The van der Waals surface area contributed by atoms with Crippen LogP contribution >= 0.6 is 0 Å². The number of aliphatic hydroxyl groups excluding tert-OH is 1. The molecular weight excluding hydrogens is 200 g/mol. The van der Waals surface area contributed by atoms with Crippen LogP contribution in [0.4, 0.5) is 0 Å². The van der Waals surface area contributed by atoms with Crippen LogP contribution < -0.4 is 0 Å². The summed E-state index contributed by atoms with van der Waals surface area (Å²) in [6, 6.07) is 4.17. The number of benzene rings is 1. The van der Waals surface area contributed by atoms with Gasteiger partial charge in [0.15, 0.2) is 0 Å². The monoisotopic (exact) mass is 222 g/mol. The largest absolute Gasteiger partial charge is 0.386 e. The molecular formula is C14H22O2. The summed E-state index contributed by atoms with van der Waals surface area (Å²) in [5.41, 5.74) is 4.58. The highest BCUT2D eigenvalue weighted by Crippen LogP contribution is 2.22. The van der Waals surface area contributed by atoms with Gasteiger partial charge in [-0.1, -0.05) is 12.1 Å². The molecule has 1 aromatic rings. The average Bonchev–Trinajstić information content (AvgIpc) is 2.20. The molecule has 0 aliphatic rings. The van der Waals surface area contributed by atoms with Gasteiger partial charge in [0.05, 0.1) is 12.7 Å². The Morgan fingerprint density at radius 3 is 2.19 bits per heavy atom. The minimum absolute atomic E-state index is 0.154. The maximum atomic E-state index is 10.0. The zero-order valence-corrected chi connectivity index (χ0v) is 10.9. The van der Waals surface area contributed by atoms with Gasteiger partial charge in [-0.2, -0.15) is 0 Å². The van der Waals surface area contributed by atoms with Gasteiger partial charge >= 0.3 is 0 Å². The fraction of sp³-hybridized carbons (Fsp3) is 0.571. The molecule has 0 aliphatic carbocycles. The van der Waals surface area contributed by atoms with E-state index in [1.807, 2.05) is 20.8 Å². The van der Waals surface area contributed by atoms with Crippen molar-refractivity contribution in [3.05, 3.63) is 34.4 Å². The predicted molar refractivity (Wildman–Crippen MR) is 66.7 cm³/mol. The van der Waals surface area contributed by atoms with Crippen molar-refractivity contribution in [3.8, 4) is 0 Å². The van der Waals surface area contributed by atoms with Gasteiger partial charge in [-0.15, -0.1) is 0 Å². The molecule has 1 rings (SSSR count). The van der Waals surface area contributed by atoms with E-state index < -0.39 is 6.10 Å². The molecule has 0 aliphatic heterocycles. The second-order valence-electron chi connectivity index (χ2n) is 4.69. The Bertz CT molecular complexity index is 356. The summed E-state index contributed by atoms with van der Waals surface area (Å²) in [6.45, 7) is 10.5. The normalized spacial score (nSPS) is 13.2. The van der Waals surface area contributed by atoms with Crippen LogP contribution in [0.5, 0.6) is 0 Å². The minimum atomic E-state index is -0.526. The van der Waals surface area contributed by atoms with Crippen LogP contribution in [0.15, 0.2) is 12.1 Å². The smallest absolute Gasteiger partial charge is 0.103 e. The fourth-order valence-corrected chi connectivity index (χ4v) is 1.72. The molecule has 2 nitrogen and oxygen atoms in total. The third-order valence-corrected chi connectivity index (χ3v) is 2.83. The molecule has 1 atom stereocenters. The second-order valence-corrected chi connectivity index (χ2v) is 4.69. The highest BCUT2D eigenvalue weighted by molar-refractivity contribution is 5.37. The molecule has 0 bridgehead atoms.